The summed E-state index contributed by atoms with van der Waals surface area (Å²) < 4.78 is 15.2. The van der Waals surface area contributed by atoms with Crippen LogP contribution in [0.3, 0.4) is 0 Å². The van der Waals surface area contributed by atoms with E-state index in [2.05, 4.69) is 62.3 Å². The van der Waals surface area contributed by atoms with Gasteiger partial charge >= 0.3 is 0 Å². The smallest absolute Gasteiger partial charge is 0.209 e. The number of hydrogen-bond donors (Lipinski definition) is 0. The van der Waals surface area contributed by atoms with E-state index in [1.165, 1.54) is 16.7 Å². The minimum Gasteiger partial charge on any atom is -0.335 e. The average molecular weight is 526 g/mol. The second-order valence-electron chi connectivity index (χ2n) is 11.5. The molecule has 2 aromatic rings. The van der Waals surface area contributed by atoms with E-state index in [9.17, 15) is 4.79 Å². The standard InChI is InChI=1S/C33H39N3O3/c1-22(2)10-9-11-23(3)14-28-15-24(4)18-33(38-28)19-27(29-17-31(37)25(5)16-32(29)39-33)20-36-21-30(34-35-36)26-12-7-6-8-13-26/h6-8,10,12-14,16,18-19,21,28-29,32H,9,11,15,17,20H2,1-5H3/t28-,29-,32-,33+/m1/s1. The molecule has 0 radical (unpaired) electrons. The molecular weight excluding hydrogens is 486 g/mol. The number of hydrogen-bond acceptors (Lipinski definition) is 5. The van der Waals surface area contributed by atoms with Gasteiger partial charge in [-0.3, -0.25) is 4.79 Å². The first-order valence-electron chi connectivity index (χ1n) is 13.9. The molecule has 4 atom stereocenters. The Hall–Kier alpha value is -3.35. The second kappa shape index (κ2) is 11.4. The number of Topliss-reactive ketones (excluding diaryl/α,β-unsaturated/α-hetero) is 1. The Bertz CT molecular complexity index is 1370. The minimum absolute atomic E-state index is 0.0600. The summed E-state index contributed by atoms with van der Waals surface area (Å²) in [5.74, 6) is -0.884. The van der Waals surface area contributed by atoms with Gasteiger partial charge in [-0.25, -0.2) is 4.68 Å². The van der Waals surface area contributed by atoms with E-state index in [1.54, 1.807) is 0 Å². The molecule has 0 bridgehead atoms. The van der Waals surface area contributed by atoms with Gasteiger partial charge in [-0.1, -0.05) is 64.4 Å². The van der Waals surface area contributed by atoms with Crippen molar-refractivity contribution in [1.82, 2.24) is 15.0 Å². The number of fused-ring (bicyclic) bond motifs is 1. The number of rotatable bonds is 7. The summed E-state index contributed by atoms with van der Waals surface area (Å²) in [4.78, 5) is 12.7. The van der Waals surface area contributed by atoms with Crippen LogP contribution in [-0.2, 0) is 20.8 Å². The van der Waals surface area contributed by atoms with Crippen molar-refractivity contribution in [1.29, 1.82) is 0 Å². The zero-order valence-electron chi connectivity index (χ0n) is 23.7. The third-order valence-electron chi connectivity index (χ3n) is 7.66. The highest BCUT2D eigenvalue weighted by Gasteiger charge is 2.45. The molecular formula is C33H39N3O3. The molecule has 0 unspecified atom stereocenters. The van der Waals surface area contributed by atoms with E-state index < -0.39 is 5.79 Å². The largest absolute Gasteiger partial charge is 0.335 e. The first-order chi connectivity index (χ1) is 18.7. The highest BCUT2D eigenvalue weighted by molar-refractivity contribution is 5.96. The Kier molecular flexibility index (Phi) is 7.96. The molecule has 2 aliphatic heterocycles. The van der Waals surface area contributed by atoms with Crippen molar-refractivity contribution in [3.8, 4) is 11.3 Å². The van der Waals surface area contributed by atoms with E-state index in [1.807, 2.05) is 54.2 Å². The van der Waals surface area contributed by atoms with Crippen molar-refractivity contribution < 1.29 is 14.3 Å². The first-order valence-corrected chi connectivity index (χ1v) is 13.9. The van der Waals surface area contributed by atoms with Gasteiger partial charge in [-0.15, -0.1) is 5.10 Å². The number of allylic oxidation sites excluding steroid dienone is 4. The fourth-order valence-electron chi connectivity index (χ4n) is 5.72. The summed E-state index contributed by atoms with van der Waals surface area (Å²) >= 11 is 0. The van der Waals surface area contributed by atoms with Crippen LogP contribution in [0.2, 0.25) is 0 Å². The van der Waals surface area contributed by atoms with Gasteiger partial charge in [0.2, 0.25) is 5.79 Å². The molecule has 0 saturated carbocycles. The lowest BCUT2D eigenvalue weighted by Crippen LogP contribution is -2.49. The topological polar surface area (TPSA) is 66.2 Å². The molecule has 39 heavy (non-hydrogen) atoms. The van der Waals surface area contributed by atoms with Crippen molar-refractivity contribution in [2.24, 2.45) is 5.92 Å². The number of carbonyl (C=O) groups is 1. The third-order valence-corrected chi connectivity index (χ3v) is 7.66. The second-order valence-corrected chi connectivity index (χ2v) is 11.5. The molecule has 3 aliphatic rings. The molecule has 3 heterocycles. The van der Waals surface area contributed by atoms with Gasteiger partial charge in [0.15, 0.2) is 5.78 Å². The summed E-state index contributed by atoms with van der Waals surface area (Å²) in [6.45, 7) is 11.0. The predicted octanol–water partition coefficient (Wildman–Crippen LogP) is 6.93. The molecule has 6 nitrogen and oxygen atoms in total. The number of ether oxygens (including phenoxy) is 2. The van der Waals surface area contributed by atoms with Gasteiger partial charge in [-0.2, -0.15) is 0 Å². The lowest BCUT2D eigenvalue weighted by atomic mass is 9.78. The van der Waals surface area contributed by atoms with E-state index in [0.29, 0.717) is 13.0 Å². The van der Waals surface area contributed by atoms with Crippen LogP contribution in [0.15, 0.2) is 94.8 Å². The van der Waals surface area contributed by atoms with E-state index >= 15 is 0 Å². The molecule has 0 amide bonds. The van der Waals surface area contributed by atoms with Crippen LogP contribution in [0, 0.1) is 5.92 Å². The molecule has 1 spiro atoms. The van der Waals surface area contributed by atoms with Crippen LogP contribution >= 0.6 is 0 Å². The van der Waals surface area contributed by atoms with Gasteiger partial charge in [0.1, 0.15) is 5.69 Å². The maximum Gasteiger partial charge on any atom is 0.209 e. The number of ketones is 1. The molecule has 1 aliphatic carbocycles. The van der Waals surface area contributed by atoms with Crippen molar-refractivity contribution in [2.45, 2.75) is 84.8 Å². The Labute approximate surface area is 231 Å². The molecule has 1 aromatic carbocycles. The molecule has 1 aromatic heterocycles. The van der Waals surface area contributed by atoms with Gasteiger partial charge in [0.25, 0.3) is 0 Å². The Morgan fingerprint density at radius 2 is 1.90 bits per heavy atom. The number of nitrogens with zero attached hydrogens (tertiary/aromatic N) is 3. The number of carbonyl (C=O) groups excluding carboxylic acids is 1. The molecule has 0 fully saturated rings. The van der Waals surface area contributed by atoms with Crippen LogP contribution in [0.4, 0.5) is 0 Å². The molecule has 0 saturated heterocycles. The van der Waals surface area contributed by atoms with E-state index in [-0.39, 0.29) is 23.9 Å². The highest BCUT2D eigenvalue weighted by Crippen LogP contribution is 2.43. The van der Waals surface area contributed by atoms with Gasteiger partial charge in [0.05, 0.1) is 24.9 Å². The summed E-state index contributed by atoms with van der Waals surface area (Å²) in [7, 11) is 0. The van der Waals surface area contributed by atoms with Crippen LogP contribution in [0.25, 0.3) is 11.3 Å². The van der Waals surface area contributed by atoms with Gasteiger partial charge in [-0.05, 0) is 83.3 Å². The monoisotopic (exact) mass is 525 g/mol. The van der Waals surface area contributed by atoms with Crippen LogP contribution in [-0.4, -0.2) is 38.8 Å². The Morgan fingerprint density at radius 1 is 1.10 bits per heavy atom. The average Bonchev–Trinajstić information content (AvgIpc) is 3.33. The zero-order chi connectivity index (χ0) is 27.6. The maximum absolute atomic E-state index is 12.7. The number of benzene rings is 1. The van der Waals surface area contributed by atoms with E-state index in [4.69, 9.17) is 9.47 Å². The summed E-state index contributed by atoms with van der Waals surface area (Å²) in [5, 5.41) is 8.82. The molecule has 204 valence electrons. The SMILES string of the molecule is CC(C)=CCCC(C)=C[C@@H]1CC(C)=C[C@]2(C=C(Cn3cc(-c4ccccc4)nn3)[C@H]3CC(=O)C(C)=C[C@H]3O2)O1. The Balaban J connectivity index is 1.44. The fraction of sp³-hybridized carbons (Fsp3) is 0.424. The summed E-state index contributed by atoms with van der Waals surface area (Å²) in [6, 6.07) is 10.0. The van der Waals surface area contributed by atoms with Crippen molar-refractivity contribution in [3.63, 3.8) is 0 Å². The zero-order valence-corrected chi connectivity index (χ0v) is 23.7. The van der Waals surface area contributed by atoms with Gasteiger partial charge in [0, 0.05) is 17.9 Å². The van der Waals surface area contributed by atoms with Crippen LogP contribution < -0.4 is 0 Å². The van der Waals surface area contributed by atoms with Gasteiger partial charge < -0.3 is 9.47 Å². The fourth-order valence-corrected chi connectivity index (χ4v) is 5.72. The Morgan fingerprint density at radius 3 is 2.67 bits per heavy atom. The number of aromatic nitrogens is 3. The molecule has 0 N–H and O–H groups in total. The predicted molar refractivity (Wildman–Crippen MR) is 154 cm³/mol. The lowest BCUT2D eigenvalue weighted by Gasteiger charge is -2.45. The van der Waals surface area contributed by atoms with E-state index in [0.717, 1.165) is 41.7 Å². The van der Waals surface area contributed by atoms with Crippen molar-refractivity contribution >= 4 is 5.78 Å². The van der Waals surface area contributed by atoms with Crippen molar-refractivity contribution in [3.05, 3.63) is 94.8 Å². The minimum atomic E-state index is -0.986. The maximum atomic E-state index is 12.7. The quantitative estimate of drug-likeness (QED) is 0.367. The van der Waals surface area contributed by atoms with Crippen molar-refractivity contribution in [2.75, 3.05) is 0 Å². The molecule has 5 rings (SSSR count). The molecule has 6 heteroatoms. The third kappa shape index (κ3) is 6.45. The lowest BCUT2D eigenvalue weighted by molar-refractivity contribution is -0.224. The normalized spacial score (nSPS) is 27.0. The van der Waals surface area contributed by atoms with Crippen LogP contribution in [0.5, 0.6) is 0 Å². The summed E-state index contributed by atoms with van der Waals surface area (Å²) in [6.07, 6.45) is 15.6. The summed E-state index contributed by atoms with van der Waals surface area (Å²) in [5.41, 5.74) is 7.57. The van der Waals surface area contributed by atoms with Crippen LogP contribution in [0.1, 0.15) is 60.3 Å². The highest BCUT2D eigenvalue weighted by atomic mass is 16.7. The first kappa shape index (κ1) is 27.2.